The molecule has 0 spiro atoms. The van der Waals surface area contributed by atoms with Crippen molar-refractivity contribution in [2.45, 2.75) is 33.3 Å². The average Bonchev–Trinajstić information content (AvgIpc) is 2.14. The second-order valence-electron chi connectivity index (χ2n) is 4.64. The van der Waals surface area contributed by atoms with Crippen LogP contribution in [0.1, 0.15) is 36.7 Å². The largest absolute Gasteiger partial charge is 0.368 e. The van der Waals surface area contributed by atoms with Gasteiger partial charge in [0.15, 0.2) is 5.78 Å². The van der Waals surface area contributed by atoms with Crippen LogP contribution in [0, 0.1) is 6.92 Å². The molecule has 0 aliphatic heterocycles. The van der Waals surface area contributed by atoms with Gasteiger partial charge in [0.1, 0.15) is 6.61 Å². The zero-order chi connectivity index (χ0) is 11.5. The molecule has 1 rings (SSSR count). The molecule has 82 valence electrons. The Labute approximate surface area is 91.3 Å². The van der Waals surface area contributed by atoms with E-state index in [1.807, 2.05) is 52.0 Å². The number of benzene rings is 1. The number of ether oxygens (including phenoxy) is 1. The normalized spacial score (nSPS) is 11.5. The zero-order valence-corrected chi connectivity index (χ0v) is 9.83. The van der Waals surface area contributed by atoms with E-state index in [1.165, 1.54) is 0 Å². The highest BCUT2D eigenvalue weighted by atomic mass is 16.5. The fraction of sp³-hybridized carbons (Fsp3) is 0.462. The molecule has 2 nitrogen and oxygen atoms in total. The number of carbonyl (C=O) groups excluding carboxylic acids is 1. The quantitative estimate of drug-likeness (QED) is 0.711. The molecular formula is C13H18O2. The molecule has 2 heteroatoms. The van der Waals surface area contributed by atoms with Crippen LogP contribution in [0.15, 0.2) is 24.3 Å². The third-order valence-corrected chi connectivity index (χ3v) is 2.08. The van der Waals surface area contributed by atoms with Crippen LogP contribution in [0.3, 0.4) is 0 Å². The summed E-state index contributed by atoms with van der Waals surface area (Å²) < 4.78 is 5.45. The highest BCUT2D eigenvalue weighted by molar-refractivity contribution is 5.98. The SMILES string of the molecule is Cc1ccccc1C(=O)COC(C)(C)C. The summed E-state index contributed by atoms with van der Waals surface area (Å²) in [5.41, 5.74) is 1.49. The molecular weight excluding hydrogens is 188 g/mol. The molecule has 0 unspecified atom stereocenters. The summed E-state index contributed by atoms with van der Waals surface area (Å²) in [5, 5.41) is 0. The summed E-state index contributed by atoms with van der Waals surface area (Å²) >= 11 is 0. The van der Waals surface area contributed by atoms with E-state index in [0.29, 0.717) is 0 Å². The zero-order valence-electron chi connectivity index (χ0n) is 9.83. The average molecular weight is 206 g/mol. The van der Waals surface area contributed by atoms with Gasteiger partial charge in [-0.15, -0.1) is 0 Å². The van der Waals surface area contributed by atoms with Gasteiger partial charge in [0.25, 0.3) is 0 Å². The molecule has 0 N–H and O–H groups in total. The van der Waals surface area contributed by atoms with Gasteiger partial charge in [-0.3, -0.25) is 4.79 Å². The maximum Gasteiger partial charge on any atom is 0.188 e. The molecule has 0 aliphatic carbocycles. The van der Waals surface area contributed by atoms with Crippen molar-refractivity contribution in [3.05, 3.63) is 35.4 Å². The van der Waals surface area contributed by atoms with Crippen LogP contribution in [-0.4, -0.2) is 18.0 Å². The summed E-state index contributed by atoms with van der Waals surface area (Å²) in [6.45, 7) is 7.91. The fourth-order valence-corrected chi connectivity index (χ4v) is 1.25. The third-order valence-electron chi connectivity index (χ3n) is 2.08. The van der Waals surface area contributed by atoms with Crippen LogP contribution in [0.4, 0.5) is 0 Å². The Kier molecular flexibility index (Phi) is 3.64. The summed E-state index contributed by atoms with van der Waals surface area (Å²) in [4.78, 5) is 11.8. The molecule has 1 aromatic carbocycles. The third kappa shape index (κ3) is 3.84. The molecule has 0 bridgehead atoms. The van der Waals surface area contributed by atoms with Gasteiger partial charge >= 0.3 is 0 Å². The molecule has 0 saturated carbocycles. The Morgan fingerprint density at radius 2 is 1.87 bits per heavy atom. The first-order valence-corrected chi connectivity index (χ1v) is 5.13. The number of aryl methyl sites for hydroxylation is 1. The Hall–Kier alpha value is -1.15. The van der Waals surface area contributed by atoms with E-state index in [-0.39, 0.29) is 18.0 Å². The van der Waals surface area contributed by atoms with E-state index in [0.717, 1.165) is 11.1 Å². The molecule has 0 aromatic heterocycles. The van der Waals surface area contributed by atoms with E-state index in [2.05, 4.69) is 0 Å². The van der Waals surface area contributed by atoms with Crippen molar-refractivity contribution in [1.29, 1.82) is 0 Å². The minimum Gasteiger partial charge on any atom is -0.368 e. The maximum atomic E-state index is 11.8. The lowest BCUT2D eigenvalue weighted by atomic mass is 10.1. The van der Waals surface area contributed by atoms with Gasteiger partial charge in [0.2, 0.25) is 0 Å². The monoisotopic (exact) mass is 206 g/mol. The van der Waals surface area contributed by atoms with Gasteiger partial charge in [-0.05, 0) is 33.3 Å². The van der Waals surface area contributed by atoms with Gasteiger partial charge in [-0.25, -0.2) is 0 Å². The second kappa shape index (κ2) is 4.58. The van der Waals surface area contributed by atoms with Crippen molar-refractivity contribution in [2.24, 2.45) is 0 Å². The Bertz CT molecular complexity index is 348. The van der Waals surface area contributed by atoms with Crippen molar-refractivity contribution in [3.8, 4) is 0 Å². The lowest BCUT2D eigenvalue weighted by Gasteiger charge is -2.19. The molecule has 1 aromatic rings. The Morgan fingerprint density at radius 3 is 2.40 bits per heavy atom. The van der Waals surface area contributed by atoms with Crippen LogP contribution in [0.25, 0.3) is 0 Å². The summed E-state index contributed by atoms with van der Waals surface area (Å²) in [6.07, 6.45) is 0. The minimum absolute atomic E-state index is 0.0445. The first-order chi connectivity index (χ1) is 6.90. The molecule has 0 heterocycles. The molecule has 0 radical (unpaired) electrons. The number of hydrogen-bond donors (Lipinski definition) is 0. The number of Topliss-reactive ketones (excluding diaryl/α,β-unsaturated/α-hetero) is 1. The van der Waals surface area contributed by atoms with Crippen molar-refractivity contribution < 1.29 is 9.53 Å². The molecule has 0 atom stereocenters. The Balaban J connectivity index is 2.66. The van der Waals surface area contributed by atoms with Crippen molar-refractivity contribution in [1.82, 2.24) is 0 Å². The van der Waals surface area contributed by atoms with Gasteiger partial charge in [-0.1, -0.05) is 24.3 Å². The highest BCUT2D eigenvalue weighted by Gasteiger charge is 2.14. The van der Waals surface area contributed by atoms with Crippen LogP contribution in [0.2, 0.25) is 0 Å². The topological polar surface area (TPSA) is 26.3 Å². The summed E-state index contributed by atoms with van der Waals surface area (Å²) in [5.74, 6) is 0.0445. The maximum absolute atomic E-state index is 11.8. The first kappa shape index (κ1) is 11.9. The highest BCUT2D eigenvalue weighted by Crippen LogP contribution is 2.11. The van der Waals surface area contributed by atoms with E-state index in [1.54, 1.807) is 0 Å². The molecule has 15 heavy (non-hydrogen) atoms. The number of carbonyl (C=O) groups is 1. The molecule has 0 amide bonds. The van der Waals surface area contributed by atoms with Crippen molar-refractivity contribution in [3.63, 3.8) is 0 Å². The standard InChI is InChI=1S/C13H18O2/c1-10-7-5-6-8-11(10)12(14)9-15-13(2,3)4/h5-8H,9H2,1-4H3. The smallest absolute Gasteiger partial charge is 0.188 e. The van der Waals surface area contributed by atoms with Crippen LogP contribution in [0.5, 0.6) is 0 Å². The van der Waals surface area contributed by atoms with Crippen molar-refractivity contribution in [2.75, 3.05) is 6.61 Å². The fourth-order valence-electron chi connectivity index (χ4n) is 1.25. The lowest BCUT2D eigenvalue weighted by Crippen LogP contribution is -2.24. The van der Waals surface area contributed by atoms with E-state index < -0.39 is 0 Å². The number of rotatable bonds is 3. The predicted octanol–water partition coefficient (Wildman–Crippen LogP) is 2.99. The Morgan fingerprint density at radius 1 is 1.27 bits per heavy atom. The van der Waals surface area contributed by atoms with Gasteiger partial charge < -0.3 is 4.74 Å². The lowest BCUT2D eigenvalue weighted by molar-refractivity contribution is 0.00304. The minimum atomic E-state index is -0.266. The van der Waals surface area contributed by atoms with Crippen LogP contribution < -0.4 is 0 Å². The first-order valence-electron chi connectivity index (χ1n) is 5.13. The molecule has 0 aliphatic rings. The summed E-state index contributed by atoms with van der Waals surface area (Å²) in [7, 11) is 0. The van der Waals surface area contributed by atoms with Gasteiger partial charge in [0, 0.05) is 5.56 Å². The van der Waals surface area contributed by atoms with Crippen molar-refractivity contribution >= 4 is 5.78 Å². The molecule has 0 fully saturated rings. The predicted molar refractivity (Wildman–Crippen MR) is 61.2 cm³/mol. The van der Waals surface area contributed by atoms with E-state index in [4.69, 9.17) is 4.74 Å². The van der Waals surface area contributed by atoms with Gasteiger partial charge in [-0.2, -0.15) is 0 Å². The number of ketones is 1. The van der Waals surface area contributed by atoms with Crippen LogP contribution >= 0.6 is 0 Å². The van der Waals surface area contributed by atoms with Crippen LogP contribution in [-0.2, 0) is 4.74 Å². The molecule has 0 saturated heterocycles. The van der Waals surface area contributed by atoms with E-state index in [9.17, 15) is 4.79 Å². The second-order valence-corrected chi connectivity index (χ2v) is 4.64. The number of hydrogen-bond acceptors (Lipinski definition) is 2. The van der Waals surface area contributed by atoms with E-state index >= 15 is 0 Å². The van der Waals surface area contributed by atoms with Gasteiger partial charge in [0.05, 0.1) is 5.60 Å². The summed E-state index contributed by atoms with van der Waals surface area (Å²) in [6, 6.07) is 7.57.